The number of hydrogen-bond donors (Lipinski definition) is 1. The first-order valence-electron chi connectivity index (χ1n) is 7.72. The Morgan fingerprint density at radius 2 is 2.00 bits per heavy atom. The summed E-state index contributed by atoms with van der Waals surface area (Å²) in [4.78, 5) is 27.9. The number of carbonyl (C=O) groups excluding carboxylic acids is 1. The maximum Gasteiger partial charge on any atom is 0.250 e. The van der Waals surface area contributed by atoms with Crippen molar-refractivity contribution in [3.63, 3.8) is 0 Å². The lowest BCUT2D eigenvalue weighted by atomic mass is 10.2. The molecule has 0 unspecified atom stereocenters. The van der Waals surface area contributed by atoms with Gasteiger partial charge in [0.1, 0.15) is 0 Å². The molecule has 1 amide bonds. The Balaban J connectivity index is 1.52. The maximum absolute atomic E-state index is 12.0. The van der Waals surface area contributed by atoms with E-state index >= 15 is 0 Å². The number of nitrogens with one attached hydrogen (secondary N) is 1. The Hall–Kier alpha value is -2.45. The number of aromatic nitrogens is 3. The maximum atomic E-state index is 12.0. The molecular weight excluding hydrogens is 424 g/mol. The average molecular weight is 438 g/mol. The van der Waals surface area contributed by atoms with Gasteiger partial charge >= 0.3 is 0 Å². The van der Waals surface area contributed by atoms with E-state index in [1.807, 2.05) is 0 Å². The topological polar surface area (TPSA) is 90.0 Å². The fourth-order valence-corrected chi connectivity index (χ4v) is 2.71. The van der Waals surface area contributed by atoms with Crippen molar-refractivity contribution in [2.75, 3.05) is 0 Å². The van der Waals surface area contributed by atoms with Crippen molar-refractivity contribution in [3.05, 3.63) is 68.3 Å². The average Bonchev–Trinajstić information content (AvgIpc) is 3.10. The molecule has 2 aromatic heterocycles. The zero-order valence-corrected chi connectivity index (χ0v) is 15.8. The van der Waals surface area contributed by atoms with Gasteiger partial charge in [-0.15, -0.1) is 0 Å². The molecule has 0 fully saturated rings. The number of benzene rings is 1. The van der Waals surface area contributed by atoms with E-state index in [1.165, 1.54) is 10.6 Å². The van der Waals surface area contributed by atoms with E-state index in [2.05, 4.69) is 31.4 Å². The Kier molecular flexibility index (Phi) is 5.85. The van der Waals surface area contributed by atoms with E-state index in [1.54, 1.807) is 36.5 Å². The summed E-state index contributed by atoms with van der Waals surface area (Å²) < 4.78 is 7.37. The first kappa shape index (κ1) is 18.3. The van der Waals surface area contributed by atoms with Crippen LogP contribution in [0.3, 0.4) is 0 Å². The second-order valence-corrected chi connectivity index (χ2v) is 6.78. The van der Waals surface area contributed by atoms with Gasteiger partial charge in [0.2, 0.25) is 17.6 Å². The van der Waals surface area contributed by atoms with Crippen molar-refractivity contribution >= 4 is 33.4 Å². The highest BCUT2D eigenvalue weighted by atomic mass is 79.9. The Morgan fingerprint density at radius 1 is 1.23 bits per heavy atom. The van der Waals surface area contributed by atoms with Gasteiger partial charge in [0.15, 0.2) is 0 Å². The molecule has 9 heteroatoms. The molecule has 0 atom stereocenters. The van der Waals surface area contributed by atoms with Crippen LogP contribution in [0, 0.1) is 0 Å². The molecule has 134 valence electrons. The van der Waals surface area contributed by atoms with Gasteiger partial charge in [-0.2, -0.15) is 4.98 Å². The number of hydrogen-bond acceptors (Lipinski definition) is 5. The molecule has 0 aliphatic heterocycles. The van der Waals surface area contributed by atoms with Crippen molar-refractivity contribution < 1.29 is 9.32 Å². The first-order chi connectivity index (χ1) is 12.5. The summed E-state index contributed by atoms with van der Waals surface area (Å²) in [6, 6.07) is 10.1. The zero-order chi connectivity index (χ0) is 18.5. The lowest BCUT2D eigenvalue weighted by molar-refractivity contribution is -0.121. The van der Waals surface area contributed by atoms with Crippen molar-refractivity contribution in [3.8, 4) is 11.4 Å². The summed E-state index contributed by atoms with van der Waals surface area (Å²) in [5.41, 5.74) is 0.607. The van der Waals surface area contributed by atoms with Gasteiger partial charge in [-0.05, 0) is 46.3 Å². The molecular formula is C17H14BrClN4O3. The minimum Gasteiger partial charge on any atom is -0.347 e. The van der Waals surface area contributed by atoms with Crippen LogP contribution in [0.5, 0.6) is 0 Å². The molecule has 2 heterocycles. The quantitative estimate of drug-likeness (QED) is 0.640. The third kappa shape index (κ3) is 4.80. The van der Waals surface area contributed by atoms with Gasteiger partial charge in [-0.1, -0.05) is 16.8 Å². The van der Waals surface area contributed by atoms with E-state index in [9.17, 15) is 9.59 Å². The summed E-state index contributed by atoms with van der Waals surface area (Å²) in [5, 5.41) is 7.19. The molecule has 0 spiro atoms. The molecule has 0 aliphatic rings. The third-order valence-corrected chi connectivity index (χ3v) is 4.26. The highest BCUT2D eigenvalue weighted by Gasteiger charge is 2.10. The third-order valence-electron chi connectivity index (χ3n) is 3.53. The number of pyridine rings is 1. The summed E-state index contributed by atoms with van der Waals surface area (Å²) in [5.74, 6) is 0.498. The van der Waals surface area contributed by atoms with Crippen molar-refractivity contribution in [1.82, 2.24) is 20.0 Å². The van der Waals surface area contributed by atoms with Gasteiger partial charge in [-0.25, -0.2) is 0 Å². The SMILES string of the molecule is O=C(CCn1cc(Br)ccc1=O)NCc1nc(-c2ccc(Cl)cc2)no1. The van der Waals surface area contributed by atoms with E-state index in [0.29, 0.717) is 16.7 Å². The van der Waals surface area contributed by atoms with Crippen LogP contribution >= 0.6 is 27.5 Å². The standard InChI is InChI=1S/C17H14BrClN4O3/c18-12-3-6-16(25)23(10-12)8-7-14(24)20-9-15-21-17(22-26-15)11-1-4-13(19)5-2-11/h1-6,10H,7-9H2,(H,20,24). The van der Waals surface area contributed by atoms with Crippen LogP contribution in [0.1, 0.15) is 12.3 Å². The number of amides is 1. The smallest absolute Gasteiger partial charge is 0.250 e. The summed E-state index contributed by atoms with van der Waals surface area (Å²) in [6.45, 7) is 0.400. The largest absolute Gasteiger partial charge is 0.347 e. The lowest BCUT2D eigenvalue weighted by Crippen LogP contribution is -2.26. The molecule has 26 heavy (non-hydrogen) atoms. The van der Waals surface area contributed by atoms with Gasteiger partial charge in [0.05, 0.1) is 6.54 Å². The molecule has 3 rings (SSSR count). The van der Waals surface area contributed by atoms with Crippen LogP contribution in [0.4, 0.5) is 0 Å². The Bertz CT molecular complexity index is 969. The second-order valence-electron chi connectivity index (χ2n) is 5.42. The van der Waals surface area contributed by atoms with Gasteiger partial charge < -0.3 is 14.4 Å². The normalized spacial score (nSPS) is 10.7. The van der Waals surface area contributed by atoms with Crippen LogP contribution in [0.2, 0.25) is 5.02 Å². The number of halogens is 2. The number of nitrogens with zero attached hydrogens (tertiary/aromatic N) is 3. The van der Waals surface area contributed by atoms with Crippen LogP contribution < -0.4 is 10.9 Å². The number of rotatable bonds is 6. The van der Waals surface area contributed by atoms with Gasteiger partial charge in [0.25, 0.3) is 5.56 Å². The predicted octanol–water partition coefficient (Wildman–Crippen LogP) is 3.02. The van der Waals surface area contributed by atoms with Crippen LogP contribution in [-0.4, -0.2) is 20.6 Å². The van der Waals surface area contributed by atoms with E-state index in [-0.39, 0.29) is 31.0 Å². The van der Waals surface area contributed by atoms with Gasteiger partial charge in [-0.3, -0.25) is 9.59 Å². The molecule has 3 aromatic rings. The number of carbonyl (C=O) groups is 1. The molecule has 0 bridgehead atoms. The lowest BCUT2D eigenvalue weighted by Gasteiger charge is -2.06. The summed E-state index contributed by atoms with van der Waals surface area (Å²) >= 11 is 9.14. The molecule has 7 nitrogen and oxygen atoms in total. The minimum atomic E-state index is -0.219. The highest BCUT2D eigenvalue weighted by Crippen LogP contribution is 2.18. The Morgan fingerprint density at radius 3 is 2.77 bits per heavy atom. The molecule has 1 N–H and O–H groups in total. The summed E-state index contributed by atoms with van der Waals surface area (Å²) in [6.07, 6.45) is 1.81. The molecule has 0 radical (unpaired) electrons. The van der Waals surface area contributed by atoms with Gasteiger partial charge in [0, 0.05) is 40.3 Å². The van der Waals surface area contributed by atoms with E-state index < -0.39 is 0 Å². The van der Waals surface area contributed by atoms with Crippen molar-refractivity contribution in [2.45, 2.75) is 19.5 Å². The predicted molar refractivity (Wildman–Crippen MR) is 99.6 cm³/mol. The molecule has 1 aromatic carbocycles. The Labute approximate surface area is 162 Å². The number of aryl methyl sites for hydroxylation is 1. The summed E-state index contributed by atoms with van der Waals surface area (Å²) in [7, 11) is 0. The fraction of sp³-hybridized carbons (Fsp3) is 0.176. The van der Waals surface area contributed by atoms with Crippen LogP contribution in [0.15, 0.2) is 56.4 Å². The highest BCUT2D eigenvalue weighted by molar-refractivity contribution is 9.10. The van der Waals surface area contributed by atoms with E-state index in [4.69, 9.17) is 16.1 Å². The van der Waals surface area contributed by atoms with Crippen LogP contribution in [-0.2, 0) is 17.9 Å². The molecule has 0 saturated heterocycles. The molecule has 0 saturated carbocycles. The van der Waals surface area contributed by atoms with Crippen LogP contribution in [0.25, 0.3) is 11.4 Å². The van der Waals surface area contributed by atoms with Crippen molar-refractivity contribution in [1.29, 1.82) is 0 Å². The monoisotopic (exact) mass is 436 g/mol. The fourth-order valence-electron chi connectivity index (χ4n) is 2.20. The first-order valence-corrected chi connectivity index (χ1v) is 8.89. The second kappa shape index (κ2) is 8.29. The minimum absolute atomic E-state index is 0.118. The molecule has 0 aliphatic carbocycles. The zero-order valence-electron chi connectivity index (χ0n) is 13.5. The van der Waals surface area contributed by atoms with Crippen molar-refractivity contribution in [2.24, 2.45) is 0 Å². The van der Waals surface area contributed by atoms with E-state index in [0.717, 1.165) is 10.0 Å².